The molecule has 5 heteroatoms. The zero-order valence-corrected chi connectivity index (χ0v) is 14.2. The van der Waals surface area contributed by atoms with Gasteiger partial charge in [-0.1, -0.05) is 31.9 Å². The second-order valence-corrected chi connectivity index (χ2v) is 6.94. The van der Waals surface area contributed by atoms with E-state index in [2.05, 4.69) is 6.92 Å². The van der Waals surface area contributed by atoms with Crippen LogP contribution in [0.5, 0.6) is 5.75 Å². The van der Waals surface area contributed by atoms with Crippen molar-refractivity contribution in [2.24, 2.45) is 5.41 Å². The van der Waals surface area contributed by atoms with Gasteiger partial charge < -0.3 is 9.84 Å². The number of aliphatic hydroxyl groups excluding tert-OH is 1. The minimum Gasteiger partial charge on any atom is -0.491 e. The normalized spacial score (nSPS) is 20.8. The van der Waals surface area contributed by atoms with Crippen molar-refractivity contribution in [2.45, 2.75) is 51.6 Å². The van der Waals surface area contributed by atoms with Crippen molar-refractivity contribution in [1.29, 1.82) is 0 Å². The number of rotatable bonds is 6. The molecule has 1 aliphatic carbocycles. The minimum atomic E-state index is -0.875. The molecule has 3 rings (SSSR count). The lowest BCUT2D eigenvalue weighted by Crippen LogP contribution is -2.41. The van der Waals surface area contributed by atoms with E-state index in [0.29, 0.717) is 12.2 Å². The number of aryl methyl sites for hydroxylation is 1. The predicted molar refractivity (Wildman–Crippen MR) is 89.6 cm³/mol. The van der Waals surface area contributed by atoms with Crippen LogP contribution >= 0.6 is 0 Å². The van der Waals surface area contributed by atoms with Crippen LogP contribution < -0.4 is 4.74 Å². The van der Waals surface area contributed by atoms with Gasteiger partial charge in [0.2, 0.25) is 11.8 Å². The fourth-order valence-electron chi connectivity index (χ4n) is 3.76. The van der Waals surface area contributed by atoms with Crippen LogP contribution in [-0.2, 0) is 16.0 Å². The summed E-state index contributed by atoms with van der Waals surface area (Å²) in [7, 11) is 0. The molecular formula is C19H25NO4. The lowest BCUT2D eigenvalue weighted by Gasteiger charge is -2.23. The highest BCUT2D eigenvalue weighted by molar-refractivity contribution is 6.06. The highest BCUT2D eigenvalue weighted by Crippen LogP contribution is 2.46. The Morgan fingerprint density at radius 2 is 1.88 bits per heavy atom. The molecule has 2 aliphatic rings. The van der Waals surface area contributed by atoms with Crippen LogP contribution in [0, 0.1) is 5.41 Å². The number of carbonyl (C=O) groups excluding carboxylic acids is 2. The minimum absolute atomic E-state index is 0.0203. The molecule has 1 heterocycles. The first-order valence-electron chi connectivity index (χ1n) is 8.79. The number of imide groups is 1. The first-order valence-corrected chi connectivity index (χ1v) is 8.79. The molecule has 1 aromatic carbocycles. The molecule has 2 fully saturated rings. The van der Waals surface area contributed by atoms with Crippen molar-refractivity contribution in [3.05, 3.63) is 29.8 Å². The third kappa shape index (κ3) is 3.31. The number of hydrogen-bond donors (Lipinski definition) is 1. The van der Waals surface area contributed by atoms with E-state index in [1.165, 1.54) is 10.5 Å². The second kappa shape index (κ2) is 6.93. The standard InChI is InChI=1S/C19H25NO4/c1-2-14-5-7-16(8-6-14)24-13-15(21)12-20-17(22)11-19(18(20)23)9-3-4-10-19/h5-8,15,21H,2-4,9-13H2,1H3. The summed E-state index contributed by atoms with van der Waals surface area (Å²) >= 11 is 0. The van der Waals surface area contributed by atoms with E-state index >= 15 is 0 Å². The molecule has 0 radical (unpaired) electrons. The van der Waals surface area contributed by atoms with E-state index < -0.39 is 11.5 Å². The van der Waals surface area contributed by atoms with E-state index in [1.807, 2.05) is 24.3 Å². The third-order valence-electron chi connectivity index (χ3n) is 5.22. The number of aliphatic hydroxyl groups is 1. The first kappa shape index (κ1) is 17.0. The van der Waals surface area contributed by atoms with Crippen LogP contribution in [0.2, 0.25) is 0 Å². The maximum absolute atomic E-state index is 12.6. The molecule has 0 aromatic heterocycles. The quantitative estimate of drug-likeness (QED) is 0.812. The summed E-state index contributed by atoms with van der Waals surface area (Å²) in [5.74, 6) is 0.419. The number of nitrogens with zero attached hydrogens (tertiary/aromatic N) is 1. The van der Waals surface area contributed by atoms with Gasteiger partial charge in [0, 0.05) is 6.42 Å². The Labute approximate surface area is 142 Å². The fraction of sp³-hybridized carbons (Fsp3) is 0.579. The summed E-state index contributed by atoms with van der Waals surface area (Å²) in [5.41, 5.74) is 0.742. The smallest absolute Gasteiger partial charge is 0.235 e. The molecule has 1 saturated heterocycles. The van der Waals surface area contributed by atoms with Gasteiger partial charge in [-0.05, 0) is 37.0 Å². The molecule has 1 N–H and O–H groups in total. The van der Waals surface area contributed by atoms with Crippen LogP contribution in [0.25, 0.3) is 0 Å². The van der Waals surface area contributed by atoms with Crippen LogP contribution in [0.3, 0.4) is 0 Å². The van der Waals surface area contributed by atoms with E-state index in [9.17, 15) is 14.7 Å². The Hall–Kier alpha value is -1.88. The van der Waals surface area contributed by atoms with Crippen molar-refractivity contribution in [3.63, 3.8) is 0 Å². The van der Waals surface area contributed by atoms with Crippen molar-refractivity contribution in [3.8, 4) is 5.75 Å². The van der Waals surface area contributed by atoms with Crippen LogP contribution in [0.4, 0.5) is 0 Å². The highest BCUT2D eigenvalue weighted by atomic mass is 16.5. The maximum Gasteiger partial charge on any atom is 0.235 e. The van der Waals surface area contributed by atoms with E-state index in [0.717, 1.165) is 32.1 Å². The van der Waals surface area contributed by atoms with Gasteiger partial charge in [0.15, 0.2) is 0 Å². The van der Waals surface area contributed by atoms with Gasteiger partial charge in [-0.2, -0.15) is 0 Å². The average molecular weight is 331 g/mol. The summed E-state index contributed by atoms with van der Waals surface area (Å²) in [6.07, 6.45) is 4.00. The van der Waals surface area contributed by atoms with E-state index in [4.69, 9.17) is 4.74 Å². The van der Waals surface area contributed by atoms with Crippen molar-refractivity contribution < 1.29 is 19.4 Å². The molecule has 2 amide bonds. The topological polar surface area (TPSA) is 66.8 Å². The molecular weight excluding hydrogens is 306 g/mol. The van der Waals surface area contributed by atoms with E-state index in [-0.39, 0.29) is 25.0 Å². The Kier molecular flexibility index (Phi) is 4.90. The molecule has 1 spiro atoms. The lowest BCUT2D eigenvalue weighted by atomic mass is 9.84. The summed E-state index contributed by atoms with van der Waals surface area (Å²) in [4.78, 5) is 26.0. The largest absolute Gasteiger partial charge is 0.491 e. The Morgan fingerprint density at radius 1 is 1.21 bits per heavy atom. The molecule has 1 aromatic rings. The van der Waals surface area contributed by atoms with E-state index in [1.54, 1.807) is 0 Å². The molecule has 1 unspecified atom stereocenters. The molecule has 1 atom stereocenters. The Bertz CT molecular complexity index is 604. The van der Waals surface area contributed by atoms with Crippen molar-refractivity contribution in [1.82, 2.24) is 4.90 Å². The van der Waals surface area contributed by atoms with Gasteiger partial charge in [0.1, 0.15) is 18.5 Å². The molecule has 0 bridgehead atoms. The number of β-amino-alcohol motifs (C(OH)–C–C–N with tert-alkyl or cyclic N) is 1. The molecule has 5 nitrogen and oxygen atoms in total. The lowest BCUT2D eigenvalue weighted by molar-refractivity contribution is -0.143. The predicted octanol–water partition coefficient (Wildman–Crippen LogP) is 2.31. The number of ether oxygens (including phenoxy) is 1. The average Bonchev–Trinajstić information content (AvgIpc) is 3.14. The van der Waals surface area contributed by atoms with Gasteiger partial charge >= 0.3 is 0 Å². The van der Waals surface area contributed by atoms with Crippen molar-refractivity contribution >= 4 is 11.8 Å². The fourth-order valence-corrected chi connectivity index (χ4v) is 3.76. The number of likely N-dealkylation sites (tertiary alicyclic amines) is 1. The molecule has 130 valence electrons. The number of benzene rings is 1. The van der Waals surface area contributed by atoms with Gasteiger partial charge in [-0.25, -0.2) is 0 Å². The Morgan fingerprint density at radius 3 is 2.50 bits per heavy atom. The summed E-state index contributed by atoms with van der Waals surface area (Å²) in [6.45, 7) is 2.17. The van der Waals surface area contributed by atoms with Crippen molar-refractivity contribution in [2.75, 3.05) is 13.2 Å². The van der Waals surface area contributed by atoms with Gasteiger partial charge in [-0.15, -0.1) is 0 Å². The summed E-state index contributed by atoms with van der Waals surface area (Å²) in [6, 6.07) is 7.70. The van der Waals surface area contributed by atoms with Gasteiger partial charge in [0.25, 0.3) is 0 Å². The third-order valence-corrected chi connectivity index (χ3v) is 5.22. The summed E-state index contributed by atoms with van der Waals surface area (Å²) in [5, 5.41) is 10.2. The van der Waals surface area contributed by atoms with Crippen LogP contribution in [-0.4, -0.2) is 41.1 Å². The number of carbonyl (C=O) groups is 2. The maximum atomic E-state index is 12.6. The molecule has 1 saturated carbocycles. The van der Waals surface area contributed by atoms with Gasteiger partial charge in [0.05, 0.1) is 12.0 Å². The zero-order chi connectivity index (χ0) is 17.2. The first-order chi connectivity index (χ1) is 11.5. The SMILES string of the molecule is CCc1ccc(OCC(O)CN2C(=O)CC3(CCCC3)C2=O)cc1. The summed E-state index contributed by atoms with van der Waals surface area (Å²) < 4.78 is 5.57. The van der Waals surface area contributed by atoms with Crippen LogP contribution in [0.15, 0.2) is 24.3 Å². The number of amides is 2. The monoisotopic (exact) mass is 331 g/mol. The van der Waals surface area contributed by atoms with Crippen LogP contribution in [0.1, 0.15) is 44.6 Å². The number of hydrogen-bond acceptors (Lipinski definition) is 4. The van der Waals surface area contributed by atoms with Gasteiger partial charge in [-0.3, -0.25) is 14.5 Å². The zero-order valence-electron chi connectivity index (χ0n) is 14.2. The highest BCUT2D eigenvalue weighted by Gasteiger charge is 2.52. The Balaban J connectivity index is 1.53. The second-order valence-electron chi connectivity index (χ2n) is 6.94. The molecule has 24 heavy (non-hydrogen) atoms. The molecule has 1 aliphatic heterocycles.